The molecule has 5 heteroatoms. The second-order valence-corrected chi connectivity index (χ2v) is 4.96. The van der Waals surface area contributed by atoms with E-state index in [2.05, 4.69) is 5.32 Å². The van der Waals surface area contributed by atoms with Crippen molar-refractivity contribution in [2.24, 2.45) is 0 Å². The second kappa shape index (κ2) is 5.26. The molecule has 3 rings (SSSR count). The van der Waals surface area contributed by atoms with Crippen LogP contribution in [0, 0.1) is 11.6 Å². The predicted molar refractivity (Wildman–Crippen MR) is 72.9 cm³/mol. The van der Waals surface area contributed by atoms with Gasteiger partial charge in [0.25, 0.3) is 5.91 Å². The van der Waals surface area contributed by atoms with E-state index in [1.807, 2.05) is 0 Å². The van der Waals surface area contributed by atoms with Crippen molar-refractivity contribution >= 4 is 5.91 Å². The van der Waals surface area contributed by atoms with E-state index in [9.17, 15) is 18.7 Å². The molecule has 1 aliphatic heterocycles. The molecule has 0 aliphatic carbocycles. The summed E-state index contributed by atoms with van der Waals surface area (Å²) in [7, 11) is 0. The standard InChI is InChI=1S/C16H13F2NO2/c17-12-2-1-3-13(18)14(12)15(20)10-5-4-9-6-7-19-16(21)11(9)8-10/h1-5,8,15,20H,6-7H2,(H,19,21). The van der Waals surface area contributed by atoms with E-state index >= 15 is 0 Å². The quantitative estimate of drug-likeness (QED) is 0.891. The number of hydrogen-bond acceptors (Lipinski definition) is 2. The van der Waals surface area contributed by atoms with Gasteiger partial charge in [-0.1, -0.05) is 18.2 Å². The van der Waals surface area contributed by atoms with Gasteiger partial charge in [0.05, 0.1) is 5.56 Å². The lowest BCUT2D eigenvalue weighted by Gasteiger charge is -2.19. The molecule has 0 radical (unpaired) electrons. The van der Waals surface area contributed by atoms with Gasteiger partial charge in [-0.2, -0.15) is 0 Å². The Bertz CT molecular complexity index is 695. The third-order valence-corrected chi connectivity index (χ3v) is 3.65. The maximum Gasteiger partial charge on any atom is 0.251 e. The fourth-order valence-electron chi connectivity index (χ4n) is 2.54. The number of nitrogens with one attached hydrogen (secondary N) is 1. The molecule has 21 heavy (non-hydrogen) atoms. The fourth-order valence-corrected chi connectivity index (χ4v) is 2.54. The highest BCUT2D eigenvalue weighted by atomic mass is 19.1. The number of hydrogen-bond donors (Lipinski definition) is 2. The van der Waals surface area contributed by atoms with Crippen LogP contribution in [-0.4, -0.2) is 17.6 Å². The molecule has 2 N–H and O–H groups in total. The van der Waals surface area contributed by atoms with Crippen LogP contribution in [-0.2, 0) is 6.42 Å². The number of amides is 1. The van der Waals surface area contributed by atoms with Gasteiger partial charge in [0.15, 0.2) is 0 Å². The summed E-state index contributed by atoms with van der Waals surface area (Å²) in [5, 5.41) is 12.9. The van der Waals surface area contributed by atoms with Gasteiger partial charge < -0.3 is 10.4 Å². The minimum atomic E-state index is -1.45. The third-order valence-electron chi connectivity index (χ3n) is 3.65. The van der Waals surface area contributed by atoms with Gasteiger partial charge in [-0.05, 0) is 35.7 Å². The highest BCUT2D eigenvalue weighted by molar-refractivity contribution is 5.96. The van der Waals surface area contributed by atoms with Gasteiger partial charge in [0.2, 0.25) is 0 Å². The molecular weight excluding hydrogens is 276 g/mol. The summed E-state index contributed by atoms with van der Waals surface area (Å²) < 4.78 is 27.4. The molecule has 0 spiro atoms. The van der Waals surface area contributed by atoms with Crippen LogP contribution in [0.25, 0.3) is 0 Å². The van der Waals surface area contributed by atoms with Crippen molar-refractivity contribution in [3.8, 4) is 0 Å². The molecule has 1 aliphatic rings. The first-order valence-electron chi connectivity index (χ1n) is 6.61. The monoisotopic (exact) mass is 289 g/mol. The summed E-state index contributed by atoms with van der Waals surface area (Å²) >= 11 is 0. The molecule has 1 heterocycles. The lowest BCUT2D eigenvalue weighted by molar-refractivity contribution is 0.0945. The van der Waals surface area contributed by atoms with E-state index in [4.69, 9.17) is 0 Å². The molecule has 2 aromatic rings. The molecule has 1 unspecified atom stereocenters. The average Bonchev–Trinajstić information content (AvgIpc) is 2.47. The van der Waals surface area contributed by atoms with Gasteiger partial charge >= 0.3 is 0 Å². The first kappa shape index (κ1) is 13.7. The number of aliphatic hydroxyl groups excluding tert-OH is 1. The molecule has 2 aromatic carbocycles. The smallest absolute Gasteiger partial charge is 0.251 e. The van der Waals surface area contributed by atoms with E-state index in [1.54, 1.807) is 12.1 Å². The molecule has 3 nitrogen and oxygen atoms in total. The lowest BCUT2D eigenvalue weighted by atomic mass is 9.93. The van der Waals surface area contributed by atoms with Crippen molar-refractivity contribution in [1.82, 2.24) is 5.32 Å². The Morgan fingerprint density at radius 3 is 2.57 bits per heavy atom. The molecule has 0 saturated heterocycles. The number of carbonyl (C=O) groups is 1. The van der Waals surface area contributed by atoms with Crippen molar-refractivity contribution in [2.75, 3.05) is 6.54 Å². The summed E-state index contributed by atoms with van der Waals surface area (Å²) in [4.78, 5) is 11.8. The highest BCUT2D eigenvalue weighted by Crippen LogP contribution is 2.28. The Morgan fingerprint density at radius 2 is 1.86 bits per heavy atom. The molecule has 0 fully saturated rings. The Morgan fingerprint density at radius 1 is 1.14 bits per heavy atom. The number of aliphatic hydroxyl groups is 1. The van der Waals surface area contributed by atoms with Crippen LogP contribution < -0.4 is 5.32 Å². The topological polar surface area (TPSA) is 49.3 Å². The van der Waals surface area contributed by atoms with E-state index in [1.165, 1.54) is 12.1 Å². The fraction of sp³-hybridized carbons (Fsp3) is 0.188. The maximum absolute atomic E-state index is 13.7. The minimum absolute atomic E-state index is 0.237. The normalized spacial score (nSPS) is 15.3. The zero-order valence-corrected chi connectivity index (χ0v) is 11.1. The van der Waals surface area contributed by atoms with Crippen LogP contribution >= 0.6 is 0 Å². The predicted octanol–water partition coefficient (Wildman–Crippen LogP) is 2.33. The Labute approximate surface area is 120 Å². The van der Waals surface area contributed by atoms with Crippen LogP contribution in [0.2, 0.25) is 0 Å². The number of rotatable bonds is 2. The average molecular weight is 289 g/mol. The van der Waals surface area contributed by atoms with Gasteiger partial charge in [0.1, 0.15) is 17.7 Å². The Kier molecular flexibility index (Phi) is 3.43. The van der Waals surface area contributed by atoms with E-state index in [0.717, 1.165) is 17.7 Å². The highest BCUT2D eigenvalue weighted by Gasteiger charge is 2.23. The Balaban J connectivity index is 2.05. The Hall–Kier alpha value is -2.27. The summed E-state index contributed by atoms with van der Waals surface area (Å²) in [6.07, 6.45) is -0.753. The van der Waals surface area contributed by atoms with Crippen LogP contribution in [0.1, 0.15) is 33.2 Å². The van der Waals surface area contributed by atoms with Gasteiger partial charge in [0, 0.05) is 12.1 Å². The van der Waals surface area contributed by atoms with Gasteiger partial charge in [-0.25, -0.2) is 8.78 Å². The van der Waals surface area contributed by atoms with Crippen molar-refractivity contribution in [3.05, 3.63) is 70.3 Å². The molecule has 1 amide bonds. The van der Waals surface area contributed by atoms with Crippen molar-refractivity contribution < 1.29 is 18.7 Å². The molecule has 0 saturated carbocycles. The number of benzene rings is 2. The molecule has 108 valence electrons. The first-order chi connectivity index (χ1) is 10.1. The van der Waals surface area contributed by atoms with Gasteiger partial charge in [-0.3, -0.25) is 4.79 Å². The SMILES string of the molecule is O=C1NCCc2ccc(C(O)c3c(F)cccc3F)cc21. The summed E-state index contributed by atoms with van der Waals surface area (Å²) in [5.41, 5.74) is 1.18. The summed E-state index contributed by atoms with van der Waals surface area (Å²) in [5.74, 6) is -1.87. The number of fused-ring (bicyclic) bond motifs is 1. The van der Waals surface area contributed by atoms with Crippen LogP contribution in [0.5, 0.6) is 0 Å². The molecule has 0 bridgehead atoms. The maximum atomic E-state index is 13.7. The number of halogens is 2. The molecular formula is C16H13F2NO2. The van der Waals surface area contributed by atoms with E-state index in [-0.39, 0.29) is 11.5 Å². The largest absolute Gasteiger partial charge is 0.383 e. The zero-order valence-electron chi connectivity index (χ0n) is 11.1. The first-order valence-corrected chi connectivity index (χ1v) is 6.61. The van der Waals surface area contributed by atoms with Crippen molar-refractivity contribution in [1.29, 1.82) is 0 Å². The summed E-state index contributed by atoms with van der Waals surface area (Å²) in [6.45, 7) is 0.565. The molecule has 0 aromatic heterocycles. The van der Waals surface area contributed by atoms with Crippen molar-refractivity contribution in [3.63, 3.8) is 0 Å². The summed E-state index contributed by atoms with van der Waals surface area (Å²) in [6, 6.07) is 8.21. The van der Waals surface area contributed by atoms with Crippen LogP contribution in [0.3, 0.4) is 0 Å². The third kappa shape index (κ3) is 2.40. The van der Waals surface area contributed by atoms with Crippen molar-refractivity contribution in [2.45, 2.75) is 12.5 Å². The van der Waals surface area contributed by atoms with Crippen LogP contribution in [0.4, 0.5) is 8.78 Å². The molecule has 1 atom stereocenters. The number of carbonyl (C=O) groups excluding carboxylic acids is 1. The lowest BCUT2D eigenvalue weighted by Crippen LogP contribution is -2.31. The zero-order chi connectivity index (χ0) is 15.0. The van der Waals surface area contributed by atoms with E-state index < -0.39 is 23.3 Å². The minimum Gasteiger partial charge on any atom is -0.383 e. The van der Waals surface area contributed by atoms with Gasteiger partial charge in [-0.15, -0.1) is 0 Å². The second-order valence-electron chi connectivity index (χ2n) is 4.96. The van der Waals surface area contributed by atoms with E-state index in [0.29, 0.717) is 18.5 Å². The van der Waals surface area contributed by atoms with Crippen LogP contribution in [0.15, 0.2) is 36.4 Å².